The Bertz CT molecular complexity index is 478. The molecule has 5 heteroatoms. The number of hydrogen-bond acceptors (Lipinski definition) is 3. The molecule has 3 N–H and O–H groups in total. The molecule has 0 radical (unpaired) electrons. The average Bonchev–Trinajstić information content (AvgIpc) is 2.78. The highest BCUT2D eigenvalue weighted by Gasteiger charge is 2.07. The van der Waals surface area contributed by atoms with E-state index in [1.54, 1.807) is 17.1 Å². The standard InChI is InChI=1S/C11H12N4O/c12-14-11(16)7-15-8-13-6-10(15)9-4-2-1-3-5-9/h1-6,8H,7,12H2,(H,14,16). The number of carbonyl (C=O) groups excluding carboxylic acids is 1. The fourth-order valence-electron chi connectivity index (χ4n) is 1.50. The number of hydrogen-bond donors (Lipinski definition) is 2. The van der Waals surface area contributed by atoms with E-state index in [1.807, 2.05) is 30.3 Å². The lowest BCUT2D eigenvalue weighted by atomic mass is 10.2. The van der Waals surface area contributed by atoms with E-state index in [-0.39, 0.29) is 12.5 Å². The lowest BCUT2D eigenvalue weighted by Crippen LogP contribution is -2.33. The van der Waals surface area contributed by atoms with Crippen LogP contribution in [-0.2, 0) is 11.3 Å². The third-order valence-corrected chi connectivity index (χ3v) is 2.26. The summed E-state index contributed by atoms with van der Waals surface area (Å²) in [6.45, 7) is 0.167. The minimum Gasteiger partial charge on any atom is -0.321 e. The molecule has 0 saturated heterocycles. The normalized spacial score (nSPS) is 10.1. The van der Waals surface area contributed by atoms with Gasteiger partial charge in [0.1, 0.15) is 6.54 Å². The van der Waals surface area contributed by atoms with E-state index in [2.05, 4.69) is 10.4 Å². The van der Waals surface area contributed by atoms with Gasteiger partial charge >= 0.3 is 0 Å². The second-order valence-corrected chi connectivity index (χ2v) is 3.34. The van der Waals surface area contributed by atoms with Crippen LogP contribution in [0, 0.1) is 0 Å². The minimum atomic E-state index is -0.254. The second kappa shape index (κ2) is 4.59. The third kappa shape index (κ3) is 2.09. The van der Waals surface area contributed by atoms with Crippen molar-refractivity contribution in [3.8, 4) is 11.3 Å². The number of rotatable bonds is 3. The molecule has 2 rings (SSSR count). The van der Waals surface area contributed by atoms with Gasteiger partial charge in [-0.25, -0.2) is 10.8 Å². The maximum atomic E-state index is 11.2. The lowest BCUT2D eigenvalue weighted by molar-refractivity contribution is -0.121. The van der Waals surface area contributed by atoms with Gasteiger partial charge in [0.25, 0.3) is 5.91 Å². The van der Waals surface area contributed by atoms with Gasteiger partial charge < -0.3 is 4.57 Å². The van der Waals surface area contributed by atoms with Crippen molar-refractivity contribution in [3.63, 3.8) is 0 Å². The molecule has 0 aliphatic heterocycles. The Kier molecular flexibility index (Phi) is 2.98. The summed E-state index contributed by atoms with van der Waals surface area (Å²) in [7, 11) is 0. The summed E-state index contributed by atoms with van der Waals surface area (Å²) < 4.78 is 1.75. The number of nitrogens with one attached hydrogen (secondary N) is 1. The van der Waals surface area contributed by atoms with Crippen molar-refractivity contribution < 1.29 is 4.79 Å². The van der Waals surface area contributed by atoms with Crippen molar-refractivity contribution in [3.05, 3.63) is 42.9 Å². The molecule has 0 fully saturated rings. The quantitative estimate of drug-likeness (QED) is 0.447. The molecule has 1 amide bonds. The Labute approximate surface area is 92.9 Å². The zero-order valence-electron chi connectivity index (χ0n) is 8.63. The number of imidazole rings is 1. The molecule has 5 nitrogen and oxygen atoms in total. The monoisotopic (exact) mass is 216 g/mol. The predicted molar refractivity (Wildman–Crippen MR) is 60.0 cm³/mol. The van der Waals surface area contributed by atoms with Gasteiger partial charge in [-0.05, 0) is 5.56 Å². The van der Waals surface area contributed by atoms with Crippen LogP contribution in [0.1, 0.15) is 0 Å². The SMILES string of the molecule is NNC(=O)Cn1cncc1-c1ccccc1. The number of carbonyl (C=O) groups is 1. The van der Waals surface area contributed by atoms with Gasteiger partial charge in [0.15, 0.2) is 0 Å². The first kappa shape index (κ1) is 10.4. The maximum absolute atomic E-state index is 11.2. The van der Waals surface area contributed by atoms with Crippen LogP contribution in [0.3, 0.4) is 0 Å². The molecule has 1 heterocycles. The van der Waals surface area contributed by atoms with Crippen LogP contribution in [0.4, 0.5) is 0 Å². The molecule has 0 bridgehead atoms. The number of amides is 1. The van der Waals surface area contributed by atoms with Crippen LogP contribution in [-0.4, -0.2) is 15.5 Å². The smallest absolute Gasteiger partial charge is 0.253 e. The number of nitrogens with two attached hydrogens (primary N) is 1. The van der Waals surface area contributed by atoms with E-state index in [1.165, 1.54) is 0 Å². The summed E-state index contributed by atoms with van der Waals surface area (Å²) >= 11 is 0. The van der Waals surface area contributed by atoms with Crippen molar-refractivity contribution in [2.75, 3.05) is 0 Å². The van der Waals surface area contributed by atoms with Crippen molar-refractivity contribution in [1.29, 1.82) is 0 Å². The number of nitrogens with zero attached hydrogens (tertiary/aromatic N) is 2. The van der Waals surface area contributed by atoms with Gasteiger partial charge in [0.2, 0.25) is 0 Å². The van der Waals surface area contributed by atoms with Crippen LogP contribution in [0.5, 0.6) is 0 Å². The van der Waals surface area contributed by atoms with Crippen LogP contribution in [0.15, 0.2) is 42.9 Å². The summed E-state index contributed by atoms with van der Waals surface area (Å²) in [6.07, 6.45) is 3.33. The molecule has 82 valence electrons. The van der Waals surface area contributed by atoms with Crippen molar-refractivity contribution >= 4 is 5.91 Å². The molecular weight excluding hydrogens is 204 g/mol. The van der Waals surface area contributed by atoms with E-state index >= 15 is 0 Å². The Morgan fingerprint density at radius 2 is 2.12 bits per heavy atom. The number of hydrazine groups is 1. The zero-order valence-corrected chi connectivity index (χ0v) is 8.63. The van der Waals surface area contributed by atoms with E-state index in [4.69, 9.17) is 5.84 Å². The van der Waals surface area contributed by atoms with E-state index in [9.17, 15) is 4.79 Å². The fourth-order valence-corrected chi connectivity index (χ4v) is 1.50. The Balaban J connectivity index is 2.29. The van der Waals surface area contributed by atoms with Gasteiger partial charge in [0.05, 0.1) is 18.2 Å². The lowest BCUT2D eigenvalue weighted by Gasteiger charge is -2.06. The highest BCUT2D eigenvalue weighted by molar-refractivity contribution is 5.76. The van der Waals surface area contributed by atoms with Gasteiger partial charge in [0, 0.05) is 0 Å². The van der Waals surface area contributed by atoms with Gasteiger partial charge in [-0.2, -0.15) is 0 Å². The summed E-state index contributed by atoms with van der Waals surface area (Å²) in [5.74, 6) is 4.79. The highest BCUT2D eigenvalue weighted by Crippen LogP contribution is 2.17. The molecule has 0 unspecified atom stereocenters. The van der Waals surface area contributed by atoms with Crippen LogP contribution in [0.2, 0.25) is 0 Å². The number of benzene rings is 1. The topological polar surface area (TPSA) is 72.9 Å². The fraction of sp³-hybridized carbons (Fsp3) is 0.0909. The highest BCUT2D eigenvalue weighted by atomic mass is 16.2. The van der Waals surface area contributed by atoms with Crippen molar-refractivity contribution in [2.45, 2.75) is 6.54 Å². The van der Waals surface area contributed by atoms with Crippen LogP contribution >= 0.6 is 0 Å². The van der Waals surface area contributed by atoms with E-state index in [0.29, 0.717) is 0 Å². The van der Waals surface area contributed by atoms with Crippen molar-refractivity contribution in [1.82, 2.24) is 15.0 Å². The van der Waals surface area contributed by atoms with Gasteiger partial charge in [-0.15, -0.1) is 0 Å². The maximum Gasteiger partial charge on any atom is 0.253 e. The first-order valence-electron chi connectivity index (χ1n) is 4.86. The summed E-state index contributed by atoms with van der Waals surface area (Å²) in [5, 5.41) is 0. The minimum absolute atomic E-state index is 0.167. The van der Waals surface area contributed by atoms with Crippen LogP contribution < -0.4 is 11.3 Å². The molecule has 1 aromatic carbocycles. The average molecular weight is 216 g/mol. The van der Waals surface area contributed by atoms with Crippen LogP contribution in [0.25, 0.3) is 11.3 Å². The molecule has 0 aliphatic carbocycles. The Morgan fingerprint density at radius 1 is 1.38 bits per heavy atom. The first-order valence-corrected chi connectivity index (χ1v) is 4.86. The van der Waals surface area contributed by atoms with E-state index < -0.39 is 0 Å². The second-order valence-electron chi connectivity index (χ2n) is 3.34. The first-order chi connectivity index (χ1) is 7.81. The molecular formula is C11H12N4O. The molecule has 16 heavy (non-hydrogen) atoms. The zero-order chi connectivity index (χ0) is 11.4. The molecule has 0 saturated carbocycles. The number of aromatic nitrogens is 2. The molecule has 0 spiro atoms. The summed E-state index contributed by atoms with van der Waals surface area (Å²) in [5.41, 5.74) is 4.01. The van der Waals surface area contributed by atoms with Crippen molar-refractivity contribution in [2.24, 2.45) is 5.84 Å². The predicted octanol–water partition coefficient (Wildman–Crippen LogP) is 0.540. The third-order valence-electron chi connectivity index (χ3n) is 2.26. The largest absolute Gasteiger partial charge is 0.321 e. The molecule has 2 aromatic rings. The summed E-state index contributed by atoms with van der Waals surface area (Å²) in [4.78, 5) is 15.2. The van der Waals surface area contributed by atoms with E-state index in [0.717, 1.165) is 11.3 Å². The van der Waals surface area contributed by atoms with Gasteiger partial charge in [-0.3, -0.25) is 10.2 Å². The molecule has 0 aliphatic rings. The Hall–Kier alpha value is -2.14. The Morgan fingerprint density at radius 3 is 2.81 bits per heavy atom. The summed E-state index contributed by atoms with van der Waals surface area (Å²) in [6, 6.07) is 9.75. The van der Waals surface area contributed by atoms with Gasteiger partial charge in [-0.1, -0.05) is 30.3 Å². The molecule has 1 aromatic heterocycles. The molecule has 0 atom stereocenters.